The first-order valence-electron chi connectivity index (χ1n) is 9.01. The van der Waals surface area contributed by atoms with Crippen molar-refractivity contribution in [2.75, 3.05) is 44.8 Å². The summed E-state index contributed by atoms with van der Waals surface area (Å²) >= 11 is 5.85. The number of hydrogen-bond acceptors (Lipinski definition) is 4. The number of hydrogen-bond donors (Lipinski definition) is 2. The molecule has 0 bridgehead atoms. The van der Waals surface area contributed by atoms with Crippen LogP contribution in [0.2, 0.25) is 5.02 Å². The SMILES string of the molecule is O=C(NCc1ccc(Cl)cc1)Nc1ccc(OCCN2CCOCC2)cc1. The van der Waals surface area contributed by atoms with E-state index >= 15 is 0 Å². The Morgan fingerprint density at radius 2 is 1.78 bits per heavy atom. The lowest BCUT2D eigenvalue weighted by Gasteiger charge is -2.26. The monoisotopic (exact) mass is 389 g/mol. The average Bonchev–Trinajstić information content (AvgIpc) is 2.70. The second-order valence-electron chi connectivity index (χ2n) is 6.26. The molecule has 2 aromatic rings. The lowest BCUT2D eigenvalue weighted by molar-refractivity contribution is 0.0322. The van der Waals surface area contributed by atoms with Gasteiger partial charge in [-0.3, -0.25) is 4.90 Å². The summed E-state index contributed by atoms with van der Waals surface area (Å²) in [5, 5.41) is 6.29. The summed E-state index contributed by atoms with van der Waals surface area (Å²) in [7, 11) is 0. The van der Waals surface area contributed by atoms with Crippen LogP contribution in [0.15, 0.2) is 48.5 Å². The van der Waals surface area contributed by atoms with E-state index in [-0.39, 0.29) is 6.03 Å². The van der Waals surface area contributed by atoms with Gasteiger partial charge in [0.15, 0.2) is 0 Å². The lowest BCUT2D eigenvalue weighted by atomic mass is 10.2. The Labute approximate surface area is 164 Å². The van der Waals surface area contributed by atoms with Crippen LogP contribution in [0.3, 0.4) is 0 Å². The molecule has 6 nitrogen and oxygen atoms in total. The number of carbonyl (C=O) groups excluding carboxylic acids is 1. The van der Waals surface area contributed by atoms with E-state index in [9.17, 15) is 4.79 Å². The van der Waals surface area contributed by atoms with Gasteiger partial charge in [-0.05, 0) is 42.0 Å². The number of anilines is 1. The molecule has 27 heavy (non-hydrogen) atoms. The number of carbonyl (C=O) groups is 1. The molecule has 1 saturated heterocycles. The van der Waals surface area contributed by atoms with E-state index in [1.165, 1.54) is 0 Å². The van der Waals surface area contributed by atoms with Crippen molar-refractivity contribution in [2.45, 2.75) is 6.54 Å². The summed E-state index contributed by atoms with van der Waals surface area (Å²) in [5.74, 6) is 0.787. The van der Waals surface area contributed by atoms with Gasteiger partial charge >= 0.3 is 6.03 Å². The van der Waals surface area contributed by atoms with Gasteiger partial charge in [-0.15, -0.1) is 0 Å². The minimum atomic E-state index is -0.258. The number of rotatable bonds is 7. The Morgan fingerprint density at radius 3 is 2.48 bits per heavy atom. The first-order chi connectivity index (χ1) is 13.2. The van der Waals surface area contributed by atoms with Crippen LogP contribution >= 0.6 is 11.6 Å². The first-order valence-corrected chi connectivity index (χ1v) is 9.39. The molecule has 1 aliphatic heterocycles. The van der Waals surface area contributed by atoms with Gasteiger partial charge in [-0.1, -0.05) is 23.7 Å². The zero-order chi connectivity index (χ0) is 18.9. The second-order valence-corrected chi connectivity index (χ2v) is 6.70. The number of nitrogens with zero attached hydrogens (tertiary/aromatic N) is 1. The highest BCUT2D eigenvalue weighted by Crippen LogP contribution is 2.16. The minimum Gasteiger partial charge on any atom is -0.492 e. The zero-order valence-electron chi connectivity index (χ0n) is 15.1. The number of amides is 2. The highest BCUT2D eigenvalue weighted by atomic mass is 35.5. The van der Waals surface area contributed by atoms with E-state index in [2.05, 4.69) is 15.5 Å². The third-order valence-corrected chi connectivity index (χ3v) is 4.51. The van der Waals surface area contributed by atoms with Crippen LogP contribution in [-0.4, -0.2) is 50.4 Å². The van der Waals surface area contributed by atoms with Gasteiger partial charge in [-0.25, -0.2) is 4.79 Å². The first kappa shape index (κ1) is 19.5. The standard InChI is InChI=1S/C20H24ClN3O3/c21-17-3-1-16(2-4-17)15-22-20(25)23-18-5-7-19(8-6-18)27-14-11-24-9-12-26-13-10-24/h1-8H,9-15H2,(H2,22,23,25). The van der Waals surface area contributed by atoms with Gasteiger partial charge in [0.1, 0.15) is 12.4 Å². The average molecular weight is 390 g/mol. The molecule has 1 aliphatic rings. The Balaban J connectivity index is 1.37. The molecule has 0 spiro atoms. The molecule has 2 N–H and O–H groups in total. The van der Waals surface area contributed by atoms with Crippen molar-refractivity contribution in [3.63, 3.8) is 0 Å². The fourth-order valence-corrected chi connectivity index (χ4v) is 2.84. The topological polar surface area (TPSA) is 62.8 Å². The van der Waals surface area contributed by atoms with Gasteiger partial charge in [0.2, 0.25) is 0 Å². The maximum absolute atomic E-state index is 12.0. The summed E-state index contributed by atoms with van der Waals surface area (Å²) < 4.78 is 11.1. The third kappa shape index (κ3) is 6.75. The van der Waals surface area contributed by atoms with E-state index in [0.717, 1.165) is 44.2 Å². The van der Waals surface area contributed by atoms with E-state index in [4.69, 9.17) is 21.1 Å². The largest absolute Gasteiger partial charge is 0.492 e. The predicted molar refractivity (Wildman–Crippen MR) is 107 cm³/mol. The summed E-state index contributed by atoms with van der Waals surface area (Å²) in [6.07, 6.45) is 0. The van der Waals surface area contributed by atoms with Crippen LogP contribution in [0.1, 0.15) is 5.56 Å². The van der Waals surface area contributed by atoms with Gasteiger partial charge < -0.3 is 20.1 Å². The maximum atomic E-state index is 12.0. The summed E-state index contributed by atoms with van der Waals surface area (Å²) in [4.78, 5) is 14.3. The normalized spacial score (nSPS) is 14.6. The molecule has 0 unspecified atom stereocenters. The zero-order valence-corrected chi connectivity index (χ0v) is 15.9. The van der Waals surface area contributed by atoms with Crippen molar-refractivity contribution in [2.24, 2.45) is 0 Å². The van der Waals surface area contributed by atoms with Crippen molar-refractivity contribution >= 4 is 23.3 Å². The third-order valence-electron chi connectivity index (χ3n) is 4.26. The molecule has 0 atom stereocenters. The van der Waals surface area contributed by atoms with Gasteiger partial charge in [0.25, 0.3) is 0 Å². The summed E-state index contributed by atoms with van der Waals surface area (Å²) in [6.45, 7) is 5.45. The molecule has 3 rings (SSSR count). The van der Waals surface area contributed by atoms with Gasteiger partial charge in [0.05, 0.1) is 13.2 Å². The van der Waals surface area contributed by atoms with Gasteiger partial charge in [0, 0.05) is 36.9 Å². The predicted octanol–water partition coefficient (Wildman–Crippen LogP) is 3.37. The Morgan fingerprint density at radius 1 is 1.07 bits per heavy atom. The fraction of sp³-hybridized carbons (Fsp3) is 0.350. The number of benzene rings is 2. The van der Waals surface area contributed by atoms with Crippen LogP contribution in [-0.2, 0) is 11.3 Å². The molecule has 2 aromatic carbocycles. The Bertz CT molecular complexity index is 716. The molecule has 1 heterocycles. The summed E-state index contributed by atoms with van der Waals surface area (Å²) in [5.41, 5.74) is 1.70. The number of urea groups is 1. The number of ether oxygens (including phenoxy) is 2. The quantitative estimate of drug-likeness (QED) is 0.762. The van der Waals surface area contributed by atoms with E-state index in [1.807, 2.05) is 36.4 Å². The van der Waals surface area contributed by atoms with Gasteiger partial charge in [-0.2, -0.15) is 0 Å². The van der Waals surface area contributed by atoms with Crippen molar-refractivity contribution < 1.29 is 14.3 Å². The second kappa shape index (κ2) is 10.2. The van der Waals surface area contributed by atoms with Crippen molar-refractivity contribution in [3.8, 4) is 5.75 Å². The summed E-state index contributed by atoms with van der Waals surface area (Å²) in [6, 6.07) is 14.5. The van der Waals surface area contributed by atoms with Crippen LogP contribution in [0, 0.1) is 0 Å². The van der Waals surface area contributed by atoms with E-state index in [0.29, 0.717) is 23.9 Å². The lowest BCUT2D eigenvalue weighted by Crippen LogP contribution is -2.38. The molecule has 0 aliphatic carbocycles. The molecule has 7 heteroatoms. The highest BCUT2D eigenvalue weighted by Gasteiger charge is 2.09. The highest BCUT2D eigenvalue weighted by molar-refractivity contribution is 6.30. The van der Waals surface area contributed by atoms with Crippen LogP contribution in [0.25, 0.3) is 0 Å². The van der Waals surface area contributed by atoms with Crippen LogP contribution in [0.5, 0.6) is 5.75 Å². The molecule has 0 aromatic heterocycles. The Kier molecular flexibility index (Phi) is 7.33. The molecular formula is C20H24ClN3O3. The Hall–Kier alpha value is -2.28. The molecule has 2 amide bonds. The molecule has 0 radical (unpaired) electrons. The van der Waals surface area contributed by atoms with Crippen molar-refractivity contribution in [1.29, 1.82) is 0 Å². The fourth-order valence-electron chi connectivity index (χ4n) is 2.71. The molecule has 0 saturated carbocycles. The van der Waals surface area contributed by atoms with Crippen molar-refractivity contribution in [1.82, 2.24) is 10.2 Å². The molecule has 1 fully saturated rings. The van der Waals surface area contributed by atoms with E-state index in [1.54, 1.807) is 12.1 Å². The minimum absolute atomic E-state index is 0.258. The van der Waals surface area contributed by atoms with Crippen molar-refractivity contribution in [3.05, 3.63) is 59.1 Å². The number of halogens is 1. The smallest absolute Gasteiger partial charge is 0.319 e. The number of nitrogens with one attached hydrogen (secondary N) is 2. The maximum Gasteiger partial charge on any atom is 0.319 e. The van der Waals surface area contributed by atoms with E-state index < -0.39 is 0 Å². The number of morpholine rings is 1. The molecular weight excluding hydrogens is 366 g/mol. The van der Waals surface area contributed by atoms with Crippen LogP contribution in [0.4, 0.5) is 10.5 Å². The molecule has 144 valence electrons. The van der Waals surface area contributed by atoms with Crippen LogP contribution < -0.4 is 15.4 Å².